The van der Waals surface area contributed by atoms with E-state index >= 15 is 0 Å². The van der Waals surface area contributed by atoms with Crippen molar-refractivity contribution in [2.45, 2.75) is 31.7 Å². The number of anilines is 1. The van der Waals surface area contributed by atoms with E-state index in [0.29, 0.717) is 31.9 Å². The molecule has 158 valence electrons. The molecule has 1 fully saturated rings. The van der Waals surface area contributed by atoms with E-state index in [2.05, 4.69) is 14.9 Å². The standard InChI is InChI=1S/C24H24N4O3/c1-30-23-9-8-18(13-26-23)14-27-16-19-11-21(27)24(29)28(15-17-5-4-10-25-12-17)20-6-2-3-7-22(20)31-19/h2-10,12-13,19,21H,11,14-16H2,1H3/t19-,21-/m0/s1. The molecule has 0 aliphatic carbocycles. The summed E-state index contributed by atoms with van der Waals surface area (Å²) in [6.07, 6.45) is 5.98. The van der Waals surface area contributed by atoms with E-state index < -0.39 is 0 Å². The predicted molar refractivity (Wildman–Crippen MR) is 116 cm³/mol. The van der Waals surface area contributed by atoms with Crippen LogP contribution in [0.15, 0.2) is 67.1 Å². The first-order valence-electron chi connectivity index (χ1n) is 10.4. The molecule has 2 atom stereocenters. The molecular weight excluding hydrogens is 392 g/mol. The van der Waals surface area contributed by atoms with E-state index in [1.165, 1.54) is 0 Å². The third-order valence-corrected chi connectivity index (χ3v) is 5.82. The van der Waals surface area contributed by atoms with E-state index in [1.54, 1.807) is 25.7 Å². The second kappa shape index (κ2) is 8.35. The van der Waals surface area contributed by atoms with Crippen LogP contribution in [0.4, 0.5) is 5.69 Å². The van der Waals surface area contributed by atoms with Crippen LogP contribution in [0.1, 0.15) is 17.5 Å². The summed E-state index contributed by atoms with van der Waals surface area (Å²) in [7, 11) is 1.60. The minimum Gasteiger partial charge on any atom is -0.487 e. The molecule has 0 unspecified atom stereocenters. The summed E-state index contributed by atoms with van der Waals surface area (Å²) in [5.41, 5.74) is 2.82. The highest BCUT2D eigenvalue weighted by atomic mass is 16.5. The first-order chi connectivity index (χ1) is 15.2. The number of benzene rings is 1. The van der Waals surface area contributed by atoms with Gasteiger partial charge in [-0.25, -0.2) is 4.98 Å². The summed E-state index contributed by atoms with van der Waals surface area (Å²) in [5.74, 6) is 1.41. The van der Waals surface area contributed by atoms with Crippen molar-refractivity contribution < 1.29 is 14.3 Å². The topological polar surface area (TPSA) is 67.8 Å². The number of carbonyl (C=O) groups is 1. The maximum atomic E-state index is 13.8. The summed E-state index contributed by atoms with van der Waals surface area (Å²) in [4.78, 5) is 26.3. The smallest absolute Gasteiger partial charge is 0.244 e. The number of para-hydroxylation sites is 2. The summed E-state index contributed by atoms with van der Waals surface area (Å²) < 4.78 is 11.5. The van der Waals surface area contributed by atoms with Crippen LogP contribution in [0.2, 0.25) is 0 Å². The molecule has 2 bridgehead atoms. The second-order valence-electron chi connectivity index (χ2n) is 7.88. The van der Waals surface area contributed by atoms with Gasteiger partial charge in [-0.2, -0.15) is 0 Å². The van der Waals surface area contributed by atoms with Crippen LogP contribution < -0.4 is 14.4 Å². The highest BCUT2D eigenvalue weighted by molar-refractivity contribution is 5.99. The quantitative estimate of drug-likeness (QED) is 0.637. The molecule has 1 saturated heterocycles. The third-order valence-electron chi connectivity index (χ3n) is 5.82. The molecule has 0 radical (unpaired) electrons. The number of likely N-dealkylation sites (tertiary alicyclic amines) is 1. The number of ether oxygens (including phenoxy) is 2. The van der Waals surface area contributed by atoms with E-state index in [-0.39, 0.29) is 18.1 Å². The lowest BCUT2D eigenvalue weighted by Gasteiger charge is -2.31. The van der Waals surface area contributed by atoms with Crippen LogP contribution in [0.5, 0.6) is 11.6 Å². The summed E-state index contributed by atoms with van der Waals surface area (Å²) >= 11 is 0. The first kappa shape index (κ1) is 19.5. The Morgan fingerprint density at radius 3 is 2.71 bits per heavy atom. The lowest BCUT2D eigenvalue weighted by atomic mass is 10.1. The van der Waals surface area contributed by atoms with Gasteiger partial charge in [0.05, 0.1) is 25.4 Å². The van der Waals surface area contributed by atoms with Gasteiger partial charge in [0, 0.05) is 44.2 Å². The number of pyridine rings is 2. The summed E-state index contributed by atoms with van der Waals surface area (Å²) in [6.45, 7) is 1.77. The summed E-state index contributed by atoms with van der Waals surface area (Å²) in [6, 6.07) is 15.2. The van der Waals surface area contributed by atoms with Gasteiger partial charge in [0.25, 0.3) is 0 Å². The maximum Gasteiger partial charge on any atom is 0.244 e. The van der Waals surface area contributed by atoms with Crippen molar-refractivity contribution in [3.8, 4) is 11.6 Å². The SMILES string of the molecule is COc1ccc(CN2C[C@@H]3C[C@H]2C(=O)N(Cc2cccnc2)c2ccccc2O3)cn1. The Hall–Kier alpha value is -3.45. The fourth-order valence-corrected chi connectivity index (χ4v) is 4.33. The van der Waals surface area contributed by atoms with Gasteiger partial charge in [0.1, 0.15) is 11.9 Å². The highest BCUT2D eigenvalue weighted by Crippen LogP contribution is 2.37. The zero-order valence-corrected chi connectivity index (χ0v) is 17.3. The van der Waals surface area contributed by atoms with Gasteiger partial charge >= 0.3 is 0 Å². The zero-order chi connectivity index (χ0) is 21.2. The molecule has 0 spiro atoms. The lowest BCUT2D eigenvalue weighted by molar-refractivity contribution is -0.123. The van der Waals surface area contributed by atoms with Crippen molar-refractivity contribution in [2.75, 3.05) is 18.6 Å². The summed E-state index contributed by atoms with van der Waals surface area (Å²) in [5, 5.41) is 0. The van der Waals surface area contributed by atoms with Crippen LogP contribution in [-0.2, 0) is 17.9 Å². The van der Waals surface area contributed by atoms with Gasteiger partial charge in [0.15, 0.2) is 0 Å². The van der Waals surface area contributed by atoms with Crippen molar-refractivity contribution in [3.05, 3.63) is 78.2 Å². The molecule has 2 aliphatic rings. The Bertz CT molecular complexity index is 1060. The monoisotopic (exact) mass is 416 g/mol. The Morgan fingerprint density at radius 2 is 1.94 bits per heavy atom. The molecule has 0 saturated carbocycles. The molecule has 3 aromatic rings. The number of nitrogens with zero attached hydrogens (tertiary/aromatic N) is 4. The highest BCUT2D eigenvalue weighted by Gasteiger charge is 2.42. The Kier molecular flexibility index (Phi) is 5.26. The second-order valence-corrected chi connectivity index (χ2v) is 7.88. The lowest BCUT2D eigenvalue weighted by Crippen LogP contribution is -2.45. The van der Waals surface area contributed by atoms with Crippen molar-refractivity contribution in [1.29, 1.82) is 0 Å². The molecule has 31 heavy (non-hydrogen) atoms. The Balaban J connectivity index is 1.45. The number of hydrogen-bond donors (Lipinski definition) is 0. The number of carbonyl (C=O) groups excluding carboxylic acids is 1. The molecule has 2 aromatic heterocycles. The largest absolute Gasteiger partial charge is 0.487 e. The van der Waals surface area contributed by atoms with Crippen LogP contribution in [-0.4, -0.2) is 46.6 Å². The van der Waals surface area contributed by atoms with E-state index in [9.17, 15) is 4.79 Å². The Labute approximate surface area is 181 Å². The molecule has 2 aliphatic heterocycles. The average molecular weight is 416 g/mol. The van der Waals surface area contributed by atoms with Gasteiger partial charge in [-0.1, -0.05) is 24.3 Å². The van der Waals surface area contributed by atoms with Crippen molar-refractivity contribution in [3.63, 3.8) is 0 Å². The maximum absolute atomic E-state index is 13.8. The number of hydrogen-bond acceptors (Lipinski definition) is 6. The van der Waals surface area contributed by atoms with E-state index in [0.717, 1.165) is 22.6 Å². The van der Waals surface area contributed by atoms with Gasteiger partial charge in [0.2, 0.25) is 11.8 Å². The molecule has 5 rings (SSSR count). The van der Waals surface area contributed by atoms with Gasteiger partial charge < -0.3 is 14.4 Å². The van der Waals surface area contributed by atoms with Crippen molar-refractivity contribution >= 4 is 11.6 Å². The van der Waals surface area contributed by atoms with Gasteiger partial charge in [-0.05, 0) is 29.3 Å². The minimum atomic E-state index is -0.253. The molecule has 0 N–H and O–H groups in total. The van der Waals surface area contributed by atoms with Crippen LogP contribution >= 0.6 is 0 Å². The number of aromatic nitrogens is 2. The number of rotatable bonds is 5. The predicted octanol–water partition coefficient (Wildman–Crippen LogP) is 3.05. The van der Waals surface area contributed by atoms with Crippen molar-refractivity contribution in [1.82, 2.24) is 14.9 Å². The molecule has 1 amide bonds. The first-order valence-corrected chi connectivity index (χ1v) is 10.4. The Morgan fingerprint density at radius 1 is 1.06 bits per heavy atom. The minimum absolute atomic E-state index is 0.0261. The van der Waals surface area contributed by atoms with Gasteiger partial charge in [-0.15, -0.1) is 0 Å². The normalized spacial score (nSPS) is 20.5. The zero-order valence-electron chi connectivity index (χ0n) is 17.3. The molecule has 1 aromatic carbocycles. The fourth-order valence-electron chi connectivity index (χ4n) is 4.33. The van der Waals surface area contributed by atoms with Crippen LogP contribution in [0.3, 0.4) is 0 Å². The molecule has 7 nitrogen and oxygen atoms in total. The fraction of sp³-hybridized carbons (Fsp3) is 0.292. The number of fused-ring (bicyclic) bond motifs is 3. The molecule has 4 heterocycles. The van der Waals surface area contributed by atoms with Crippen molar-refractivity contribution in [2.24, 2.45) is 0 Å². The van der Waals surface area contributed by atoms with E-state index in [4.69, 9.17) is 9.47 Å². The van der Waals surface area contributed by atoms with Gasteiger partial charge in [-0.3, -0.25) is 14.7 Å². The number of methoxy groups -OCH3 is 1. The van der Waals surface area contributed by atoms with E-state index in [1.807, 2.05) is 53.4 Å². The average Bonchev–Trinajstić information content (AvgIpc) is 3.21. The number of amides is 1. The third kappa shape index (κ3) is 3.96. The van der Waals surface area contributed by atoms with Crippen LogP contribution in [0.25, 0.3) is 0 Å². The van der Waals surface area contributed by atoms with Crippen LogP contribution in [0, 0.1) is 0 Å². The molecule has 7 heteroatoms. The molecular formula is C24H24N4O3.